The average Bonchev–Trinajstić information content (AvgIpc) is 2.92. The highest BCUT2D eigenvalue weighted by molar-refractivity contribution is 7.81. The second-order valence-corrected chi connectivity index (χ2v) is 6.03. The van der Waals surface area contributed by atoms with Crippen LogP contribution in [0.4, 0.5) is 9.59 Å². The molecule has 0 aliphatic carbocycles. The summed E-state index contributed by atoms with van der Waals surface area (Å²) in [6, 6.07) is -0.218. The summed E-state index contributed by atoms with van der Waals surface area (Å²) in [5.41, 5.74) is 0.732. The lowest BCUT2D eigenvalue weighted by atomic mass is 10.1. The van der Waals surface area contributed by atoms with Crippen molar-refractivity contribution >= 4 is 24.8 Å². The van der Waals surface area contributed by atoms with Gasteiger partial charge in [0, 0.05) is 25.4 Å². The van der Waals surface area contributed by atoms with E-state index in [1.165, 1.54) is 17.1 Å². The van der Waals surface area contributed by atoms with Gasteiger partial charge in [0.25, 0.3) is 0 Å². The summed E-state index contributed by atoms with van der Waals surface area (Å²) >= 11 is 4.44. The predicted octanol–water partition coefficient (Wildman–Crippen LogP) is 2.49. The number of likely N-dealkylation sites (tertiary alicyclic amines) is 1. The van der Waals surface area contributed by atoms with E-state index in [1.807, 2.05) is 0 Å². The maximum atomic E-state index is 12.1. The molecule has 1 fully saturated rings. The molecule has 0 aromatic heterocycles. The molecule has 23 heavy (non-hydrogen) atoms. The van der Waals surface area contributed by atoms with Crippen LogP contribution >= 0.6 is 12.6 Å². The highest BCUT2D eigenvalue weighted by Gasteiger charge is 2.36. The number of rotatable bonds is 7. The van der Waals surface area contributed by atoms with Crippen LogP contribution in [0.3, 0.4) is 0 Å². The van der Waals surface area contributed by atoms with Crippen LogP contribution in [0.1, 0.15) is 6.42 Å². The molecule has 128 valence electrons. The fourth-order valence-electron chi connectivity index (χ4n) is 2.33. The third kappa shape index (κ3) is 5.67. The Labute approximate surface area is 142 Å². The molecular weight excluding hydrogens is 316 g/mol. The van der Waals surface area contributed by atoms with E-state index in [0.29, 0.717) is 13.0 Å². The molecule has 0 aromatic rings. The van der Waals surface area contributed by atoms with Gasteiger partial charge < -0.3 is 19.3 Å². The van der Waals surface area contributed by atoms with Crippen molar-refractivity contribution in [2.45, 2.75) is 17.7 Å². The largest absolute Gasteiger partial charge is 0.445 e. The van der Waals surface area contributed by atoms with Crippen molar-refractivity contribution in [3.63, 3.8) is 0 Å². The van der Waals surface area contributed by atoms with Crippen LogP contribution in [0.5, 0.6) is 0 Å². The van der Waals surface area contributed by atoms with Crippen molar-refractivity contribution in [3.05, 3.63) is 37.5 Å². The predicted molar refractivity (Wildman–Crippen MR) is 92.7 cm³/mol. The maximum absolute atomic E-state index is 12.1. The number of hydrogen-bond donors (Lipinski definition) is 1. The van der Waals surface area contributed by atoms with Crippen molar-refractivity contribution in [2.24, 2.45) is 0 Å². The van der Waals surface area contributed by atoms with Crippen LogP contribution in [0.15, 0.2) is 37.5 Å². The summed E-state index contributed by atoms with van der Waals surface area (Å²) in [5, 5.41) is 0.0473. The van der Waals surface area contributed by atoms with Gasteiger partial charge in [-0.05, 0) is 12.0 Å². The second kappa shape index (κ2) is 9.29. The Bertz CT molecular complexity index is 481. The lowest BCUT2D eigenvalue weighted by Crippen LogP contribution is -2.40. The van der Waals surface area contributed by atoms with Gasteiger partial charge in [-0.1, -0.05) is 31.9 Å². The normalized spacial score (nSPS) is 19.8. The number of ether oxygens (including phenoxy) is 2. The van der Waals surface area contributed by atoms with Gasteiger partial charge in [0.15, 0.2) is 0 Å². The number of hydrogen-bond acceptors (Lipinski definition) is 5. The summed E-state index contributed by atoms with van der Waals surface area (Å²) in [4.78, 5) is 26.8. The first kappa shape index (κ1) is 19.2. The number of carbonyl (C=O) groups excluding carboxylic acids is 2. The molecule has 0 saturated carbocycles. The Kier molecular flexibility index (Phi) is 7.74. The molecule has 0 radical (unpaired) electrons. The molecule has 1 saturated heterocycles. The fraction of sp³-hybridized carbons (Fsp3) is 0.500. The van der Waals surface area contributed by atoms with Gasteiger partial charge in [0.1, 0.15) is 13.2 Å². The molecule has 6 nitrogen and oxygen atoms in total. The van der Waals surface area contributed by atoms with E-state index in [2.05, 4.69) is 32.4 Å². The first-order valence-electron chi connectivity index (χ1n) is 7.29. The molecule has 2 atom stereocenters. The zero-order valence-electron chi connectivity index (χ0n) is 13.4. The standard InChI is InChI=1S/C16H24N2O4S/c1-5-7-21-15(19)17(4)10-12(3)14-9-13(23)11-18(14)16(20)22-8-6-2/h5-6,13-14,23H,1-3,7-11H2,4H3. The van der Waals surface area contributed by atoms with E-state index in [1.54, 1.807) is 11.9 Å². The third-order valence-electron chi connectivity index (χ3n) is 3.39. The molecule has 0 aromatic carbocycles. The summed E-state index contributed by atoms with van der Waals surface area (Å²) in [5.74, 6) is 0. The lowest BCUT2D eigenvalue weighted by molar-refractivity contribution is 0.110. The molecule has 0 spiro atoms. The minimum absolute atomic E-state index is 0.0473. The van der Waals surface area contributed by atoms with Crippen molar-refractivity contribution in [1.29, 1.82) is 0 Å². The van der Waals surface area contributed by atoms with Gasteiger partial charge in [-0.3, -0.25) is 0 Å². The Hall–Kier alpha value is -1.89. The van der Waals surface area contributed by atoms with Crippen LogP contribution in [-0.4, -0.2) is 66.6 Å². The molecule has 1 rings (SSSR count). The topological polar surface area (TPSA) is 59.1 Å². The minimum atomic E-state index is -0.466. The first-order valence-corrected chi connectivity index (χ1v) is 7.81. The van der Waals surface area contributed by atoms with Crippen LogP contribution in [-0.2, 0) is 9.47 Å². The quantitative estimate of drug-likeness (QED) is 0.571. The minimum Gasteiger partial charge on any atom is -0.445 e. The summed E-state index contributed by atoms with van der Waals surface area (Å²) in [6.45, 7) is 12.1. The maximum Gasteiger partial charge on any atom is 0.410 e. The zero-order chi connectivity index (χ0) is 17.4. The molecule has 1 aliphatic rings. The number of likely N-dealkylation sites (N-methyl/N-ethyl adjacent to an activating group) is 1. The van der Waals surface area contributed by atoms with E-state index in [9.17, 15) is 9.59 Å². The van der Waals surface area contributed by atoms with E-state index >= 15 is 0 Å². The number of nitrogens with zero attached hydrogens (tertiary/aromatic N) is 2. The monoisotopic (exact) mass is 340 g/mol. The molecule has 2 amide bonds. The first-order chi connectivity index (χ1) is 10.9. The van der Waals surface area contributed by atoms with E-state index in [4.69, 9.17) is 9.47 Å². The van der Waals surface area contributed by atoms with Crippen LogP contribution in [0, 0.1) is 0 Å². The average molecular weight is 340 g/mol. The van der Waals surface area contributed by atoms with E-state index < -0.39 is 12.2 Å². The molecular formula is C16H24N2O4S. The fourth-order valence-corrected chi connectivity index (χ4v) is 2.71. The third-order valence-corrected chi connectivity index (χ3v) is 3.76. The van der Waals surface area contributed by atoms with E-state index in [0.717, 1.165) is 5.57 Å². The highest BCUT2D eigenvalue weighted by atomic mass is 32.1. The van der Waals surface area contributed by atoms with Gasteiger partial charge in [-0.25, -0.2) is 9.59 Å². The Morgan fingerprint density at radius 2 is 1.91 bits per heavy atom. The lowest BCUT2D eigenvalue weighted by Gasteiger charge is -2.27. The van der Waals surface area contributed by atoms with Gasteiger partial charge in [0.2, 0.25) is 0 Å². The van der Waals surface area contributed by atoms with E-state index in [-0.39, 0.29) is 31.1 Å². The highest BCUT2D eigenvalue weighted by Crippen LogP contribution is 2.27. The van der Waals surface area contributed by atoms with Crippen molar-refractivity contribution in [1.82, 2.24) is 9.80 Å². The zero-order valence-corrected chi connectivity index (χ0v) is 14.3. The summed E-state index contributed by atoms with van der Waals surface area (Å²) in [6.07, 6.45) is 2.79. The number of thiol groups is 1. The summed E-state index contributed by atoms with van der Waals surface area (Å²) < 4.78 is 10.0. The summed E-state index contributed by atoms with van der Waals surface area (Å²) in [7, 11) is 1.62. The Morgan fingerprint density at radius 1 is 1.30 bits per heavy atom. The van der Waals surface area contributed by atoms with Crippen molar-refractivity contribution < 1.29 is 19.1 Å². The van der Waals surface area contributed by atoms with Crippen LogP contribution in [0.2, 0.25) is 0 Å². The van der Waals surface area contributed by atoms with Crippen LogP contribution in [0.25, 0.3) is 0 Å². The number of amides is 2. The molecule has 2 unspecified atom stereocenters. The van der Waals surface area contributed by atoms with Crippen LogP contribution < -0.4 is 0 Å². The molecule has 1 aliphatic heterocycles. The van der Waals surface area contributed by atoms with Gasteiger partial charge in [-0.2, -0.15) is 12.6 Å². The number of carbonyl (C=O) groups is 2. The second-order valence-electron chi connectivity index (χ2n) is 5.30. The van der Waals surface area contributed by atoms with Gasteiger partial charge in [-0.15, -0.1) is 0 Å². The molecule has 7 heteroatoms. The Morgan fingerprint density at radius 3 is 2.52 bits per heavy atom. The van der Waals surface area contributed by atoms with Crippen molar-refractivity contribution in [2.75, 3.05) is 33.4 Å². The van der Waals surface area contributed by atoms with Gasteiger partial charge in [0.05, 0.1) is 6.04 Å². The smallest absolute Gasteiger partial charge is 0.410 e. The molecule has 1 heterocycles. The SMILES string of the molecule is C=CCOC(=O)N(C)CC(=C)C1CC(S)CN1C(=O)OCC=C. The molecule has 0 bridgehead atoms. The van der Waals surface area contributed by atoms with Crippen molar-refractivity contribution in [3.8, 4) is 0 Å². The Balaban J connectivity index is 2.64. The molecule has 0 N–H and O–H groups in total. The van der Waals surface area contributed by atoms with Gasteiger partial charge >= 0.3 is 12.2 Å².